The van der Waals surface area contributed by atoms with Crippen LogP contribution in [0.5, 0.6) is 0 Å². The topological polar surface area (TPSA) is 69.7 Å². The zero-order valence-corrected chi connectivity index (χ0v) is 20.3. The molecule has 6 nitrogen and oxygen atoms in total. The number of carbonyl (C=O) groups excluding carboxylic acids is 3. The Hall–Kier alpha value is -3.15. The van der Waals surface area contributed by atoms with Gasteiger partial charge >= 0.3 is 0 Å². The van der Waals surface area contributed by atoms with E-state index in [1.165, 1.54) is 12.8 Å². The van der Waals surface area contributed by atoms with Crippen LogP contribution in [0.4, 0.5) is 0 Å². The first-order valence-electron chi connectivity index (χ1n) is 13.2. The fourth-order valence-corrected chi connectivity index (χ4v) is 6.12. The molecule has 3 unspecified atom stereocenters. The number of nitrogens with one attached hydrogen (secondary N) is 1. The normalized spacial score (nSPS) is 24.1. The summed E-state index contributed by atoms with van der Waals surface area (Å²) in [6.45, 7) is 1.98. The molecule has 2 heterocycles. The van der Waals surface area contributed by atoms with Crippen molar-refractivity contribution >= 4 is 17.7 Å². The average Bonchev–Trinajstić information content (AvgIpc) is 3.32. The zero-order chi connectivity index (χ0) is 24.2. The van der Waals surface area contributed by atoms with Gasteiger partial charge in [-0.25, -0.2) is 0 Å². The van der Waals surface area contributed by atoms with E-state index in [4.69, 9.17) is 0 Å². The van der Waals surface area contributed by atoms with Crippen molar-refractivity contribution < 1.29 is 14.4 Å². The number of hydrogen-bond donors (Lipinski definition) is 1. The summed E-state index contributed by atoms with van der Waals surface area (Å²) in [5.74, 6) is 0.306. The number of amides is 3. The third-order valence-corrected chi connectivity index (χ3v) is 7.93. The Kier molecular flexibility index (Phi) is 7.16. The third-order valence-electron chi connectivity index (χ3n) is 7.93. The minimum atomic E-state index is -0.450. The minimum Gasteiger partial charge on any atom is -0.350 e. The summed E-state index contributed by atoms with van der Waals surface area (Å²) in [6.07, 6.45) is 8.34. The van der Waals surface area contributed by atoms with E-state index in [1.807, 2.05) is 64.4 Å². The number of piperidine rings is 1. The molecule has 2 aromatic rings. The molecule has 3 amide bonds. The van der Waals surface area contributed by atoms with Gasteiger partial charge in [-0.1, -0.05) is 43.2 Å². The molecule has 1 aliphatic carbocycles. The highest BCUT2D eigenvalue weighted by molar-refractivity contribution is 5.98. The highest BCUT2D eigenvalue weighted by Crippen LogP contribution is 2.40. The summed E-state index contributed by atoms with van der Waals surface area (Å²) in [5, 5.41) is 3.07. The number of nitrogens with zero attached hydrogens (tertiary/aromatic N) is 2. The maximum absolute atomic E-state index is 13.5. The van der Waals surface area contributed by atoms with Crippen LogP contribution in [0.15, 0.2) is 54.6 Å². The smallest absolute Gasteiger partial charge is 0.254 e. The van der Waals surface area contributed by atoms with E-state index in [0.717, 1.165) is 57.2 Å². The molecule has 184 valence electrons. The average molecular weight is 474 g/mol. The number of rotatable bonds is 5. The predicted octanol–water partition coefficient (Wildman–Crippen LogP) is 4.40. The van der Waals surface area contributed by atoms with E-state index in [1.54, 1.807) is 0 Å². The largest absolute Gasteiger partial charge is 0.350 e. The molecular formula is C29H35N3O3. The van der Waals surface area contributed by atoms with Crippen LogP contribution in [0, 0.1) is 5.92 Å². The van der Waals surface area contributed by atoms with Gasteiger partial charge in [0.1, 0.15) is 6.04 Å². The summed E-state index contributed by atoms with van der Waals surface area (Å²) in [4.78, 5) is 43.5. The van der Waals surface area contributed by atoms with Crippen LogP contribution in [0.2, 0.25) is 0 Å². The lowest BCUT2D eigenvalue weighted by Crippen LogP contribution is -2.49. The SMILES string of the molecule is O=C(NCc1cccc(C(=O)N2CCCCC2)c1)C1CC2CCCCC2N1C(=O)c1ccccc1. The van der Waals surface area contributed by atoms with Crippen LogP contribution in [-0.4, -0.2) is 52.7 Å². The fourth-order valence-electron chi connectivity index (χ4n) is 6.12. The molecule has 3 aliphatic rings. The third kappa shape index (κ3) is 5.12. The molecule has 0 spiro atoms. The summed E-state index contributed by atoms with van der Waals surface area (Å²) < 4.78 is 0. The molecule has 3 fully saturated rings. The number of benzene rings is 2. The maximum Gasteiger partial charge on any atom is 0.254 e. The van der Waals surface area contributed by atoms with Crippen molar-refractivity contribution in [3.63, 3.8) is 0 Å². The Labute approximate surface area is 207 Å². The zero-order valence-electron chi connectivity index (χ0n) is 20.3. The van der Waals surface area contributed by atoms with Gasteiger partial charge in [0.2, 0.25) is 5.91 Å². The quantitative estimate of drug-likeness (QED) is 0.700. The first-order chi connectivity index (χ1) is 17.1. The summed E-state index contributed by atoms with van der Waals surface area (Å²) in [6, 6.07) is 16.6. The van der Waals surface area contributed by atoms with Crippen molar-refractivity contribution in [2.45, 2.75) is 70.0 Å². The van der Waals surface area contributed by atoms with E-state index >= 15 is 0 Å². The van der Waals surface area contributed by atoms with Crippen LogP contribution in [0.1, 0.15) is 77.6 Å². The Bertz CT molecular complexity index is 1060. The van der Waals surface area contributed by atoms with Crippen molar-refractivity contribution in [1.82, 2.24) is 15.1 Å². The molecule has 1 N–H and O–H groups in total. The van der Waals surface area contributed by atoms with Gasteiger partial charge in [0.25, 0.3) is 11.8 Å². The van der Waals surface area contributed by atoms with Gasteiger partial charge in [-0.15, -0.1) is 0 Å². The van der Waals surface area contributed by atoms with Crippen LogP contribution in [-0.2, 0) is 11.3 Å². The molecule has 5 rings (SSSR count). The van der Waals surface area contributed by atoms with Crippen molar-refractivity contribution in [2.75, 3.05) is 13.1 Å². The Morgan fingerprint density at radius 2 is 1.54 bits per heavy atom. The molecule has 0 bridgehead atoms. The Morgan fingerprint density at radius 1 is 0.800 bits per heavy atom. The summed E-state index contributed by atoms with van der Waals surface area (Å²) in [7, 11) is 0. The van der Waals surface area contributed by atoms with E-state index in [-0.39, 0.29) is 23.8 Å². The van der Waals surface area contributed by atoms with Crippen molar-refractivity contribution in [1.29, 1.82) is 0 Å². The standard InChI is InChI=1S/C29H35N3O3/c33-27(30-20-21-10-9-14-24(18-21)28(34)31-16-7-2-8-17-31)26-19-23-13-5-6-15-25(23)32(26)29(35)22-11-3-1-4-12-22/h1,3-4,9-12,14,18,23,25-26H,2,5-8,13,15-17,19-20H2,(H,30,33). The minimum absolute atomic E-state index is 0.0470. The lowest BCUT2D eigenvalue weighted by molar-refractivity contribution is -0.125. The molecule has 0 radical (unpaired) electrons. The molecule has 0 aromatic heterocycles. The monoisotopic (exact) mass is 473 g/mol. The lowest BCUT2D eigenvalue weighted by Gasteiger charge is -2.33. The van der Waals surface area contributed by atoms with Gasteiger partial charge in [0.05, 0.1) is 0 Å². The Balaban J connectivity index is 1.28. The highest BCUT2D eigenvalue weighted by Gasteiger charge is 2.47. The van der Waals surface area contributed by atoms with E-state index in [2.05, 4.69) is 5.32 Å². The van der Waals surface area contributed by atoms with Crippen molar-refractivity contribution in [2.24, 2.45) is 5.92 Å². The molecule has 2 saturated heterocycles. The lowest BCUT2D eigenvalue weighted by atomic mass is 9.84. The first-order valence-corrected chi connectivity index (χ1v) is 13.2. The van der Waals surface area contributed by atoms with Crippen LogP contribution < -0.4 is 5.32 Å². The molecule has 3 atom stereocenters. The fraction of sp³-hybridized carbons (Fsp3) is 0.483. The van der Waals surface area contributed by atoms with Gasteiger partial charge in [-0.3, -0.25) is 14.4 Å². The Morgan fingerprint density at radius 3 is 2.34 bits per heavy atom. The number of fused-ring (bicyclic) bond motifs is 1. The molecule has 35 heavy (non-hydrogen) atoms. The van der Waals surface area contributed by atoms with E-state index < -0.39 is 6.04 Å². The first kappa shape index (κ1) is 23.6. The molecule has 2 aliphatic heterocycles. The number of hydrogen-bond acceptors (Lipinski definition) is 3. The molecule has 2 aromatic carbocycles. The van der Waals surface area contributed by atoms with Gasteiger partial charge in [-0.05, 0) is 74.3 Å². The highest BCUT2D eigenvalue weighted by atomic mass is 16.2. The van der Waals surface area contributed by atoms with Gasteiger partial charge in [0, 0.05) is 36.8 Å². The second kappa shape index (κ2) is 10.6. The number of carbonyl (C=O) groups is 3. The summed E-state index contributed by atoms with van der Waals surface area (Å²) in [5.41, 5.74) is 2.21. The second-order valence-electron chi connectivity index (χ2n) is 10.2. The molecule has 1 saturated carbocycles. The van der Waals surface area contributed by atoms with Crippen LogP contribution in [0.25, 0.3) is 0 Å². The predicted molar refractivity (Wildman–Crippen MR) is 135 cm³/mol. The summed E-state index contributed by atoms with van der Waals surface area (Å²) >= 11 is 0. The van der Waals surface area contributed by atoms with Gasteiger partial charge < -0.3 is 15.1 Å². The number of likely N-dealkylation sites (tertiary alicyclic amines) is 2. The van der Waals surface area contributed by atoms with Gasteiger partial charge in [0.15, 0.2) is 0 Å². The maximum atomic E-state index is 13.5. The van der Waals surface area contributed by atoms with Crippen molar-refractivity contribution in [3.05, 3.63) is 71.3 Å². The van der Waals surface area contributed by atoms with E-state index in [9.17, 15) is 14.4 Å². The second-order valence-corrected chi connectivity index (χ2v) is 10.2. The van der Waals surface area contributed by atoms with Crippen LogP contribution >= 0.6 is 0 Å². The van der Waals surface area contributed by atoms with Crippen LogP contribution in [0.3, 0.4) is 0 Å². The molecule has 6 heteroatoms. The molecular weight excluding hydrogens is 438 g/mol. The van der Waals surface area contributed by atoms with Gasteiger partial charge in [-0.2, -0.15) is 0 Å². The van der Waals surface area contributed by atoms with E-state index in [0.29, 0.717) is 23.6 Å². The van der Waals surface area contributed by atoms with Crippen molar-refractivity contribution in [3.8, 4) is 0 Å².